The van der Waals surface area contributed by atoms with Crippen LogP contribution in [0.4, 0.5) is 0 Å². The van der Waals surface area contributed by atoms with E-state index in [2.05, 4.69) is 48.3 Å². The predicted octanol–water partition coefficient (Wildman–Crippen LogP) is 3.42. The fourth-order valence-corrected chi connectivity index (χ4v) is 3.28. The Morgan fingerprint density at radius 3 is 2.55 bits per heavy atom. The Kier molecular flexibility index (Phi) is 5.61. The Morgan fingerprint density at radius 1 is 1.20 bits per heavy atom. The number of thioether (sulfide) groups is 1. The van der Waals surface area contributed by atoms with Crippen LogP contribution >= 0.6 is 11.8 Å². The van der Waals surface area contributed by atoms with Crippen molar-refractivity contribution in [2.24, 2.45) is 0 Å². The van der Waals surface area contributed by atoms with Gasteiger partial charge in [0.1, 0.15) is 6.61 Å². The molecule has 4 nitrogen and oxygen atoms in total. The van der Waals surface area contributed by atoms with E-state index < -0.39 is 0 Å². The number of aliphatic hydroxyl groups excluding tert-OH is 1. The summed E-state index contributed by atoms with van der Waals surface area (Å²) in [6.07, 6.45) is 2.03. The molecule has 0 spiro atoms. The average molecular weight is 291 g/mol. The summed E-state index contributed by atoms with van der Waals surface area (Å²) in [5.74, 6) is 0.650. The summed E-state index contributed by atoms with van der Waals surface area (Å²) in [5, 5.41) is 18.9. The van der Waals surface area contributed by atoms with Crippen molar-refractivity contribution < 1.29 is 5.11 Å². The number of rotatable bonds is 7. The first-order chi connectivity index (χ1) is 9.80. The van der Waals surface area contributed by atoms with Gasteiger partial charge in [0.25, 0.3) is 0 Å². The van der Waals surface area contributed by atoms with E-state index in [0.717, 1.165) is 24.5 Å². The highest BCUT2D eigenvalue weighted by molar-refractivity contribution is 7.99. The molecule has 1 heterocycles. The van der Waals surface area contributed by atoms with E-state index >= 15 is 0 Å². The first-order valence-electron chi connectivity index (χ1n) is 7.04. The van der Waals surface area contributed by atoms with E-state index in [0.29, 0.717) is 11.1 Å². The first-order valence-corrected chi connectivity index (χ1v) is 7.92. The van der Waals surface area contributed by atoms with Crippen LogP contribution < -0.4 is 0 Å². The third kappa shape index (κ3) is 3.41. The van der Waals surface area contributed by atoms with Gasteiger partial charge in [-0.2, -0.15) is 0 Å². The molecule has 0 saturated heterocycles. The summed E-state index contributed by atoms with van der Waals surface area (Å²) in [6, 6.07) is 10.5. The fraction of sp³-hybridized carbons (Fsp3) is 0.467. The number of hydrogen-bond acceptors (Lipinski definition) is 4. The Morgan fingerprint density at radius 2 is 1.95 bits per heavy atom. The molecule has 1 atom stereocenters. The Labute approximate surface area is 124 Å². The van der Waals surface area contributed by atoms with Crippen LogP contribution in [-0.4, -0.2) is 19.9 Å². The van der Waals surface area contributed by atoms with E-state index in [1.807, 2.05) is 10.6 Å². The molecule has 2 rings (SSSR count). The lowest BCUT2D eigenvalue weighted by Crippen LogP contribution is -2.05. The van der Waals surface area contributed by atoms with Crippen molar-refractivity contribution >= 4 is 11.8 Å². The maximum Gasteiger partial charge on any atom is 0.191 e. The zero-order chi connectivity index (χ0) is 14.4. The summed E-state index contributed by atoms with van der Waals surface area (Å²) in [5.41, 5.74) is 1.30. The minimum absolute atomic E-state index is 0.0598. The summed E-state index contributed by atoms with van der Waals surface area (Å²) in [4.78, 5) is 0. The van der Waals surface area contributed by atoms with Gasteiger partial charge in [-0.25, -0.2) is 0 Å². The molecule has 1 N–H and O–H groups in total. The molecular weight excluding hydrogens is 270 g/mol. The molecule has 0 radical (unpaired) electrons. The normalized spacial score (nSPS) is 12.6. The molecule has 1 aromatic heterocycles. The minimum Gasteiger partial charge on any atom is -0.388 e. The third-order valence-electron chi connectivity index (χ3n) is 3.17. The molecule has 5 heteroatoms. The number of benzene rings is 1. The second-order valence-electron chi connectivity index (χ2n) is 4.63. The van der Waals surface area contributed by atoms with Crippen LogP contribution in [0.25, 0.3) is 0 Å². The predicted molar refractivity (Wildman–Crippen MR) is 81.6 cm³/mol. The molecule has 0 aliphatic rings. The van der Waals surface area contributed by atoms with Crippen molar-refractivity contribution in [3.8, 4) is 0 Å². The standard InChI is InChI=1S/C15H21N3OS/c1-3-10-18-14(11-19)16-17-15(18)20-13(4-2)12-8-6-5-7-9-12/h5-9,13,19H,3-4,10-11H2,1-2H3. The Hall–Kier alpha value is -1.33. The number of hydrogen-bond donors (Lipinski definition) is 1. The van der Waals surface area contributed by atoms with Crippen LogP contribution in [0.2, 0.25) is 0 Å². The number of nitrogens with zero attached hydrogens (tertiary/aromatic N) is 3. The molecular formula is C15H21N3OS. The van der Waals surface area contributed by atoms with Crippen LogP contribution in [0.5, 0.6) is 0 Å². The van der Waals surface area contributed by atoms with E-state index in [9.17, 15) is 5.11 Å². The quantitative estimate of drug-likeness (QED) is 0.794. The molecule has 1 aromatic carbocycles. The van der Waals surface area contributed by atoms with E-state index in [-0.39, 0.29) is 6.61 Å². The molecule has 0 saturated carbocycles. The highest BCUT2D eigenvalue weighted by atomic mass is 32.2. The van der Waals surface area contributed by atoms with E-state index in [4.69, 9.17) is 0 Å². The van der Waals surface area contributed by atoms with Crippen molar-refractivity contribution in [2.45, 2.75) is 50.2 Å². The smallest absolute Gasteiger partial charge is 0.191 e. The molecule has 0 aliphatic heterocycles. The topological polar surface area (TPSA) is 50.9 Å². The van der Waals surface area contributed by atoms with Gasteiger partial charge in [-0.15, -0.1) is 10.2 Å². The van der Waals surface area contributed by atoms with Crippen molar-refractivity contribution in [3.05, 3.63) is 41.7 Å². The van der Waals surface area contributed by atoms with Gasteiger partial charge >= 0.3 is 0 Å². The SMILES string of the molecule is CCCn1c(CO)nnc1SC(CC)c1ccccc1. The monoisotopic (exact) mass is 291 g/mol. The maximum atomic E-state index is 9.33. The Bertz CT molecular complexity index is 527. The molecule has 0 fully saturated rings. The highest BCUT2D eigenvalue weighted by Gasteiger charge is 2.17. The summed E-state index contributed by atoms with van der Waals surface area (Å²) < 4.78 is 2.02. The average Bonchev–Trinajstić information content (AvgIpc) is 2.88. The van der Waals surface area contributed by atoms with Gasteiger partial charge in [0.2, 0.25) is 0 Å². The maximum absolute atomic E-state index is 9.33. The molecule has 2 aromatic rings. The molecule has 108 valence electrons. The van der Waals surface area contributed by atoms with Crippen molar-refractivity contribution in [3.63, 3.8) is 0 Å². The lowest BCUT2D eigenvalue weighted by molar-refractivity contribution is 0.263. The van der Waals surface area contributed by atoms with Crippen LogP contribution in [0.15, 0.2) is 35.5 Å². The molecule has 1 unspecified atom stereocenters. The highest BCUT2D eigenvalue weighted by Crippen LogP contribution is 2.36. The molecule has 0 amide bonds. The van der Waals surface area contributed by atoms with Gasteiger partial charge in [0, 0.05) is 11.8 Å². The lowest BCUT2D eigenvalue weighted by atomic mass is 10.1. The minimum atomic E-state index is -0.0598. The second kappa shape index (κ2) is 7.45. The van der Waals surface area contributed by atoms with Crippen LogP contribution in [-0.2, 0) is 13.2 Å². The lowest BCUT2D eigenvalue weighted by Gasteiger charge is -2.15. The van der Waals surface area contributed by atoms with Crippen LogP contribution in [0.1, 0.15) is 43.3 Å². The van der Waals surface area contributed by atoms with Crippen molar-refractivity contribution in [2.75, 3.05) is 0 Å². The zero-order valence-electron chi connectivity index (χ0n) is 12.0. The second-order valence-corrected chi connectivity index (χ2v) is 5.80. The van der Waals surface area contributed by atoms with Gasteiger partial charge in [0.15, 0.2) is 11.0 Å². The van der Waals surface area contributed by atoms with Gasteiger partial charge in [-0.3, -0.25) is 0 Å². The van der Waals surface area contributed by atoms with Gasteiger partial charge in [-0.05, 0) is 18.4 Å². The number of aromatic nitrogens is 3. The van der Waals surface area contributed by atoms with Gasteiger partial charge < -0.3 is 9.67 Å². The molecule has 20 heavy (non-hydrogen) atoms. The van der Waals surface area contributed by atoms with Crippen molar-refractivity contribution in [1.82, 2.24) is 14.8 Å². The van der Waals surface area contributed by atoms with Crippen molar-refractivity contribution in [1.29, 1.82) is 0 Å². The van der Waals surface area contributed by atoms with Gasteiger partial charge in [-0.1, -0.05) is 55.9 Å². The van der Waals surface area contributed by atoms with E-state index in [1.165, 1.54) is 5.56 Å². The zero-order valence-corrected chi connectivity index (χ0v) is 12.8. The largest absolute Gasteiger partial charge is 0.388 e. The number of aliphatic hydroxyl groups is 1. The molecule has 0 bridgehead atoms. The van der Waals surface area contributed by atoms with E-state index in [1.54, 1.807) is 11.8 Å². The third-order valence-corrected chi connectivity index (χ3v) is 4.57. The van der Waals surface area contributed by atoms with Crippen LogP contribution in [0.3, 0.4) is 0 Å². The van der Waals surface area contributed by atoms with Crippen LogP contribution in [0, 0.1) is 0 Å². The summed E-state index contributed by atoms with van der Waals surface area (Å²) >= 11 is 1.72. The summed E-state index contributed by atoms with van der Waals surface area (Å²) in [7, 11) is 0. The van der Waals surface area contributed by atoms with Gasteiger partial charge in [0.05, 0.1) is 0 Å². The first kappa shape index (κ1) is 15.1. The fourth-order valence-electron chi connectivity index (χ4n) is 2.15. The Balaban J connectivity index is 2.21. The summed E-state index contributed by atoms with van der Waals surface area (Å²) in [6.45, 7) is 5.08. The molecule has 0 aliphatic carbocycles.